The predicted molar refractivity (Wildman–Crippen MR) is 109 cm³/mol. The second-order valence-corrected chi connectivity index (χ2v) is 7.46. The number of ether oxygens (including phenoxy) is 1. The van der Waals surface area contributed by atoms with E-state index in [-0.39, 0.29) is 24.4 Å². The molecule has 3 heterocycles. The van der Waals surface area contributed by atoms with Crippen molar-refractivity contribution in [3.05, 3.63) is 70.8 Å². The van der Waals surface area contributed by atoms with Crippen LogP contribution in [0.25, 0.3) is 10.6 Å². The lowest BCUT2D eigenvalue weighted by atomic mass is 10.2. The van der Waals surface area contributed by atoms with Crippen molar-refractivity contribution < 1.29 is 27.5 Å². The van der Waals surface area contributed by atoms with Crippen LogP contribution in [0, 0.1) is 0 Å². The smallest absolute Gasteiger partial charge is 0.434 e. The van der Waals surface area contributed by atoms with Crippen molar-refractivity contribution in [3.8, 4) is 5.69 Å². The first kappa shape index (κ1) is 21.6. The highest BCUT2D eigenvalue weighted by Crippen LogP contribution is 2.34. The minimum Gasteiger partial charge on any atom is -0.462 e. The highest BCUT2D eigenvalue weighted by Gasteiger charge is 2.41. The molecular weight excluding hydrogens is 447 g/mol. The molecule has 0 atom stereocenters. The first-order chi connectivity index (χ1) is 15.3. The van der Waals surface area contributed by atoms with Gasteiger partial charge in [-0.2, -0.15) is 18.3 Å². The second-order valence-electron chi connectivity index (χ2n) is 6.59. The summed E-state index contributed by atoms with van der Waals surface area (Å²) in [6.07, 6.45) is -0.369. The van der Waals surface area contributed by atoms with Gasteiger partial charge < -0.3 is 10.1 Å². The SMILES string of the molecule is CCOC(=O)c1cnn(-c2ccc(C(=O)NCc3cn4ccsc4n3)cc2)c1C(F)(F)F. The highest BCUT2D eigenvalue weighted by molar-refractivity contribution is 7.15. The molecular formula is C20H16F3N5O3S. The molecule has 166 valence electrons. The Morgan fingerprint density at radius 2 is 1.97 bits per heavy atom. The molecule has 0 aliphatic heterocycles. The van der Waals surface area contributed by atoms with Gasteiger partial charge in [0.1, 0.15) is 5.56 Å². The maximum atomic E-state index is 13.6. The van der Waals surface area contributed by atoms with E-state index in [1.54, 1.807) is 6.20 Å². The molecule has 0 saturated heterocycles. The van der Waals surface area contributed by atoms with Gasteiger partial charge in [0.15, 0.2) is 10.7 Å². The summed E-state index contributed by atoms with van der Waals surface area (Å²) in [5, 5.41) is 8.32. The summed E-state index contributed by atoms with van der Waals surface area (Å²) in [6, 6.07) is 5.39. The van der Waals surface area contributed by atoms with Crippen LogP contribution in [0.2, 0.25) is 0 Å². The summed E-state index contributed by atoms with van der Waals surface area (Å²) in [4.78, 5) is 29.5. The Kier molecular flexibility index (Phi) is 5.70. The van der Waals surface area contributed by atoms with Crippen LogP contribution in [0.5, 0.6) is 0 Å². The van der Waals surface area contributed by atoms with Crippen molar-refractivity contribution in [1.82, 2.24) is 24.5 Å². The minimum absolute atomic E-state index is 0.0405. The average molecular weight is 463 g/mol. The van der Waals surface area contributed by atoms with E-state index >= 15 is 0 Å². The number of halogens is 3. The zero-order chi connectivity index (χ0) is 22.9. The Balaban J connectivity index is 1.52. The molecule has 0 unspecified atom stereocenters. The van der Waals surface area contributed by atoms with E-state index in [0.29, 0.717) is 10.4 Å². The first-order valence-electron chi connectivity index (χ1n) is 9.40. The normalized spacial score (nSPS) is 11.6. The van der Waals surface area contributed by atoms with Gasteiger partial charge in [-0.05, 0) is 31.2 Å². The van der Waals surface area contributed by atoms with Crippen molar-refractivity contribution >= 4 is 28.2 Å². The molecule has 0 fully saturated rings. The van der Waals surface area contributed by atoms with Gasteiger partial charge in [-0.1, -0.05) is 0 Å². The molecule has 4 rings (SSSR count). The third kappa shape index (κ3) is 4.21. The second kappa shape index (κ2) is 8.46. The molecule has 1 N–H and O–H groups in total. The number of carbonyl (C=O) groups excluding carboxylic acids is 2. The summed E-state index contributed by atoms with van der Waals surface area (Å²) < 4.78 is 48.0. The minimum atomic E-state index is -4.84. The number of carbonyl (C=O) groups is 2. The number of benzene rings is 1. The summed E-state index contributed by atoms with van der Waals surface area (Å²) in [5.74, 6) is -1.52. The fourth-order valence-electron chi connectivity index (χ4n) is 3.06. The van der Waals surface area contributed by atoms with Gasteiger partial charge in [-0.15, -0.1) is 11.3 Å². The van der Waals surface area contributed by atoms with Crippen LogP contribution >= 0.6 is 11.3 Å². The summed E-state index contributed by atoms with van der Waals surface area (Å²) >= 11 is 1.47. The lowest BCUT2D eigenvalue weighted by Gasteiger charge is -2.13. The number of nitrogens with zero attached hydrogens (tertiary/aromatic N) is 4. The van der Waals surface area contributed by atoms with Crippen molar-refractivity contribution in [3.63, 3.8) is 0 Å². The van der Waals surface area contributed by atoms with Crippen molar-refractivity contribution in [2.45, 2.75) is 19.6 Å². The number of rotatable bonds is 6. The number of amides is 1. The van der Waals surface area contributed by atoms with E-state index in [9.17, 15) is 22.8 Å². The number of esters is 1. The summed E-state index contributed by atoms with van der Waals surface area (Å²) in [7, 11) is 0. The third-order valence-electron chi connectivity index (χ3n) is 4.48. The molecule has 0 spiro atoms. The van der Waals surface area contributed by atoms with Gasteiger partial charge in [0.05, 0.1) is 30.7 Å². The molecule has 0 saturated carbocycles. The Bertz CT molecular complexity index is 1250. The number of fused-ring (bicyclic) bond motifs is 1. The molecule has 1 aromatic carbocycles. The zero-order valence-corrected chi connectivity index (χ0v) is 17.4. The number of nitrogens with one attached hydrogen (secondary N) is 1. The molecule has 12 heteroatoms. The van der Waals surface area contributed by atoms with Crippen LogP contribution in [0.1, 0.15) is 39.0 Å². The molecule has 4 aromatic rings. The Hall–Kier alpha value is -3.67. The number of alkyl halides is 3. The number of hydrogen-bond donors (Lipinski definition) is 1. The van der Waals surface area contributed by atoms with Crippen LogP contribution < -0.4 is 5.32 Å². The Morgan fingerprint density at radius 1 is 1.22 bits per heavy atom. The monoisotopic (exact) mass is 463 g/mol. The first-order valence-corrected chi connectivity index (χ1v) is 10.3. The van der Waals surface area contributed by atoms with E-state index in [4.69, 9.17) is 0 Å². The van der Waals surface area contributed by atoms with Crippen molar-refractivity contribution in [1.29, 1.82) is 0 Å². The highest BCUT2D eigenvalue weighted by atomic mass is 32.1. The summed E-state index contributed by atoms with van der Waals surface area (Å²) in [5.41, 5.74) is -0.950. The van der Waals surface area contributed by atoms with Crippen molar-refractivity contribution in [2.75, 3.05) is 6.61 Å². The topological polar surface area (TPSA) is 90.5 Å². The molecule has 0 radical (unpaired) electrons. The molecule has 1 amide bonds. The van der Waals surface area contributed by atoms with Gasteiger partial charge in [0.25, 0.3) is 5.91 Å². The lowest BCUT2D eigenvalue weighted by Crippen LogP contribution is -2.23. The van der Waals surface area contributed by atoms with Crippen LogP contribution in [-0.2, 0) is 17.5 Å². The number of imidazole rings is 1. The quantitative estimate of drug-likeness (QED) is 0.441. The van der Waals surface area contributed by atoms with Crippen LogP contribution in [0.4, 0.5) is 13.2 Å². The molecule has 0 bridgehead atoms. The standard InChI is InChI=1S/C20H16F3N5O3S/c1-2-31-18(30)15-10-25-28(16(15)20(21,22)23)14-5-3-12(4-6-14)17(29)24-9-13-11-27-7-8-32-19(27)26-13/h3-8,10-11H,2,9H2,1H3,(H,24,29). The van der Waals surface area contributed by atoms with Crippen LogP contribution in [-0.4, -0.2) is 37.6 Å². The number of thiazole rings is 1. The van der Waals surface area contributed by atoms with E-state index in [0.717, 1.165) is 11.2 Å². The van der Waals surface area contributed by atoms with E-state index in [1.807, 2.05) is 16.0 Å². The van der Waals surface area contributed by atoms with Gasteiger partial charge in [0, 0.05) is 23.3 Å². The average Bonchev–Trinajstić information content (AvgIpc) is 3.46. The maximum Gasteiger partial charge on any atom is 0.434 e. The molecule has 8 nitrogen and oxygen atoms in total. The number of hydrogen-bond acceptors (Lipinski definition) is 6. The summed E-state index contributed by atoms with van der Waals surface area (Å²) in [6.45, 7) is 1.63. The zero-order valence-electron chi connectivity index (χ0n) is 16.6. The van der Waals surface area contributed by atoms with E-state index in [2.05, 4.69) is 20.1 Å². The van der Waals surface area contributed by atoms with Crippen LogP contribution in [0.3, 0.4) is 0 Å². The van der Waals surface area contributed by atoms with Gasteiger partial charge in [0.2, 0.25) is 0 Å². The maximum absolute atomic E-state index is 13.6. The van der Waals surface area contributed by atoms with Crippen molar-refractivity contribution in [2.24, 2.45) is 0 Å². The largest absolute Gasteiger partial charge is 0.462 e. The van der Waals surface area contributed by atoms with E-state index < -0.39 is 29.3 Å². The lowest BCUT2D eigenvalue weighted by molar-refractivity contribution is -0.143. The molecule has 0 aliphatic rings. The number of aromatic nitrogens is 4. The molecule has 0 aliphatic carbocycles. The fourth-order valence-corrected chi connectivity index (χ4v) is 3.78. The third-order valence-corrected chi connectivity index (χ3v) is 5.25. The fraction of sp³-hybridized carbons (Fsp3) is 0.200. The van der Waals surface area contributed by atoms with Gasteiger partial charge in [-0.25, -0.2) is 14.5 Å². The Morgan fingerprint density at radius 3 is 2.62 bits per heavy atom. The molecule has 3 aromatic heterocycles. The van der Waals surface area contributed by atoms with Gasteiger partial charge in [-0.3, -0.25) is 9.20 Å². The van der Waals surface area contributed by atoms with E-state index in [1.165, 1.54) is 42.5 Å². The Labute approximate surface area is 183 Å². The molecule has 32 heavy (non-hydrogen) atoms. The van der Waals surface area contributed by atoms with Gasteiger partial charge >= 0.3 is 12.1 Å². The predicted octanol–water partition coefficient (Wildman–Crippen LogP) is 3.71. The van der Waals surface area contributed by atoms with Crippen LogP contribution in [0.15, 0.2) is 48.2 Å².